The van der Waals surface area contributed by atoms with Gasteiger partial charge in [0.15, 0.2) is 5.82 Å². The Morgan fingerprint density at radius 1 is 1.13 bits per heavy atom. The smallest absolute Gasteiger partial charge is 0.416 e. The number of hydrogen-bond acceptors (Lipinski definition) is 7. The zero-order valence-electron chi connectivity index (χ0n) is 21.9. The van der Waals surface area contributed by atoms with Gasteiger partial charge in [-0.15, -0.1) is 10.2 Å². The van der Waals surface area contributed by atoms with Crippen LogP contribution in [-0.2, 0) is 10.2 Å². The molecule has 2 heterocycles. The van der Waals surface area contributed by atoms with Crippen LogP contribution in [0.3, 0.4) is 0 Å². The van der Waals surface area contributed by atoms with Crippen molar-refractivity contribution >= 4 is 17.8 Å². The lowest BCUT2D eigenvalue weighted by molar-refractivity contribution is 0.0507. The number of rotatable bonds is 7. The number of anilines is 1. The predicted molar refractivity (Wildman–Crippen MR) is 136 cm³/mol. The van der Waals surface area contributed by atoms with Crippen molar-refractivity contribution in [2.45, 2.75) is 50.8 Å². The van der Waals surface area contributed by atoms with Crippen molar-refractivity contribution in [1.29, 1.82) is 0 Å². The van der Waals surface area contributed by atoms with Crippen molar-refractivity contribution < 1.29 is 32.2 Å². The Morgan fingerprint density at radius 2 is 1.85 bits per heavy atom. The third kappa shape index (κ3) is 5.79. The summed E-state index contributed by atoms with van der Waals surface area (Å²) in [5, 5.41) is 8.14. The van der Waals surface area contributed by atoms with E-state index < -0.39 is 40.8 Å². The highest BCUT2D eigenvalue weighted by Crippen LogP contribution is 2.46. The van der Waals surface area contributed by atoms with Crippen molar-refractivity contribution in [3.8, 4) is 17.0 Å². The molecule has 2 aromatic heterocycles. The lowest BCUT2D eigenvalue weighted by Crippen LogP contribution is -2.54. The number of amides is 2. The summed E-state index contributed by atoms with van der Waals surface area (Å²) in [6, 6.07) is 7.64. The number of hydrogen-bond donors (Lipinski definition) is 1. The summed E-state index contributed by atoms with van der Waals surface area (Å²) in [6.45, 7) is 4.84. The van der Waals surface area contributed by atoms with E-state index in [1.165, 1.54) is 43.6 Å². The molecular formula is C27H28F3N5O4. The van der Waals surface area contributed by atoms with Crippen LogP contribution >= 0.6 is 0 Å². The molecule has 1 aliphatic carbocycles. The van der Waals surface area contributed by atoms with Crippen molar-refractivity contribution in [3.05, 3.63) is 65.5 Å². The zero-order valence-corrected chi connectivity index (χ0v) is 21.9. The Kier molecular flexibility index (Phi) is 7.49. The molecule has 0 saturated heterocycles. The van der Waals surface area contributed by atoms with Crippen LogP contribution < -0.4 is 15.4 Å². The molecule has 3 aromatic rings. The van der Waals surface area contributed by atoms with E-state index in [9.17, 15) is 22.8 Å². The van der Waals surface area contributed by atoms with Gasteiger partial charge in [-0.1, -0.05) is 0 Å². The van der Waals surface area contributed by atoms with Crippen LogP contribution in [0, 0.1) is 11.6 Å². The number of carbonyl (C=O) groups is 2. The van der Waals surface area contributed by atoms with Gasteiger partial charge in [-0.3, -0.25) is 14.7 Å². The monoisotopic (exact) mass is 543 g/mol. The Labute approximate surface area is 223 Å². The van der Waals surface area contributed by atoms with Crippen LogP contribution in [0.4, 0.5) is 23.8 Å². The van der Waals surface area contributed by atoms with Crippen molar-refractivity contribution in [2.75, 3.05) is 18.6 Å². The third-order valence-corrected chi connectivity index (χ3v) is 6.32. The quantitative estimate of drug-likeness (QED) is 0.457. The number of pyridine rings is 1. The van der Waals surface area contributed by atoms with E-state index >= 15 is 0 Å². The molecule has 0 aliphatic heterocycles. The standard InChI is InChI=1S/C27H28F3N5O4/c1-26(2,3)39-25(37)35(14-27(12-15(28)13-27)23-18(29)6-5-9-32-23)22-8-7-20(33-34-22)16-10-17(24(31)36)21(38-4)11-19(16)30/h5-11,15H,12-14H2,1-4H3,(H2,31,36). The van der Waals surface area contributed by atoms with Crippen molar-refractivity contribution in [2.24, 2.45) is 5.73 Å². The largest absolute Gasteiger partial charge is 0.496 e. The fraction of sp³-hybridized carbons (Fsp3) is 0.370. The summed E-state index contributed by atoms with van der Waals surface area (Å²) in [7, 11) is 1.28. The van der Waals surface area contributed by atoms with E-state index in [0.717, 1.165) is 11.0 Å². The van der Waals surface area contributed by atoms with Crippen LogP contribution in [0.1, 0.15) is 49.7 Å². The maximum absolute atomic E-state index is 14.8. The number of benzene rings is 1. The number of methoxy groups -OCH3 is 1. The number of carbonyl (C=O) groups excluding carboxylic acids is 2. The summed E-state index contributed by atoms with van der Waals surface area (Å²) < 4.78 is 54.3. The minimum Gasteiger partial charge on any atom is -0.496 e. The number of nitrogens with two attached hydrogens (primary N) is 1. The molecule has 39 heavy (non-hydrogen) atoms. The van der Waals surface area contributed by atoms with Gasteiger partial charge in [0.2, 0.25) is 0 Å². The van der Waals surface area contributed by atoms with Crippen molar-refractivity contribution in [3.63, 3.8) is 0 Å². The van der Waals surface area contributed by atoms with Gasteiger partial charge in [-0.25, -0.2) is 18.0 Å². The van der Waals surface area contributed by atoms with Gasteiger partial charge in [0.25, 0.3) is 5.91 Å². The summed E-state index contributed by atoms with van der Waals surface area (Å²) in [5.74, 6) is -2.21. The van der Waals surface area contributed by atoms with E-state index in [1.54, 1.807) is 20.8 Å². The molecule has 1 aromatic carbocycles. The van der Waals surface area contributed by atoms with Crippen LogP contribution in [0.2, 0.25) is 0 Å². The van der Waals surface area contributed by atoms with Crippen LogP contribution in [0.5, 0.6) is 5.75 Å². The summed E-state index contributed by atoms with van der Waals surface area (Å²) in [5.41, 5.74) is 3.34. The first-order valence-electron chi connectivity index (χ1n) is 12.1. The van der Waals surface area contributed by atoms with E-state index in [-0.39, 0.29) is 53.5 Å². The van der Waals surface area contributed by atoms with Crippen LogP contribution in [0.15, 0.2) is 42.6 Å². The first kappa shape index (κ1) is 27.8. The minimum absolute atomic E-state index is 0.00932. The normalized spacial score (nSPS) is 18.7. The Hall–Kier alpha value is -4.22. The average Bonchev–Trinajstić information content (AvgIpc) is 2.85. The van der Waals surface area contributed by atoms with Gasteiger partial charge < -0.3 is 15.2 Å². The molecular weight excluding hydrogens is 515 g/mol. The summed E-state index contributed by atoms with van der Waals surface area (Å²) in [4.78, 5) is 30.4. The topological polar surface area (TPSA) is 121 Å². The van der Waals surface area contributed by atoms with E-state index in [2.05, 4.69) is 15.2 Å². The highest BCUT2D eigenvalue weighted by molar-refractivity contribution is 5.97. The lowest BCUT2D eigenvalue weighted by Gasteiger charge is -2.46. The number of primary amides is 1. The molecule has 0 atom stereocenters. The highest BCUT2D eigenvalue weighted by atomic mass is 19.1. The fourth-order valence-electron chi connectivity index (χ4n) is 4.55. The molecule has 4 rings (SSSR count). The predicted octanol–water partition coefficient (Wildman–Crippen LogP) is 4.74. The van der Waals surface area contributed by atoms with E-state index in [1.807, 2.05) is 0 Å². The second kappa shape index (κ2) is 10.5. The zero-order chi connectivity index (χ0) is 28.5. The van der Waals surface area contributed by atoms with Gasteiger partial charge in [0, 0.05) is 29.8 Å². The van der Waals surface area contributed by atoms with Crippen molar-refractivity contribution in [1.82, 2.24) is 15.2 Å². The van der Waals surface area contributed by atoms with Gasteiger partial charge in [0.05, 0.1) is 24.1 Å². The summed E-state index contributed by atoms with van der Waals surface area (Å²) >= 11 is 0. The minimum atomic E-state index is -1.20. The third-order valence-electron chi connectivity index (χ3n) is 6.32. The fourth-order valence-corrected chi connectivity index (χ4v) is 4.55. The second-order valence-electron chi connectivity index (χ2n) is 10.4. The Balaban J connectivity index is 1.73. The van der Waals surface area contributed by atoms with E-state index in [4.69, 9.17) is 15.2 Å². The molecule has 1 aliphatic rings. The van der Waals surface area contributed by atoms with E-state index in [0.29, 0.717) is 0 Å². The number of aromatic nitrogens is 3. The SMILES string of the molecule is COc1cc(F)c(-c2ccc(N(CC3(c4ncccc4F)CC(F)C3)C(=O)OC(C)(C)C)nn2)cc1C(N)=O. The Bertz CT molecular complexity index is 1390. The summed E-state index contributed by atoms with van der Waals surface area (Å²) in [6.07, 6.45) is -0.716. The van der Waals surface area contributed by atoms with Gasteiger partial charge in [0.1, 0.15) is 29.2 Å². The molecule has 0 spiro atoms. The lowest BCUT2D eigenvalue weighted by atomic mass is 9.64. The molecule has 1 fully saturated rings. The Morgan fingerprint density at radius 3 is 2.38 bits per heavy atom. The molecule has 0 bridgehead atoms. The molecule has 2 amide bonds. The number of ether oxygens (including phenoxy) is 2. The highest BCUT2D eigenvalue weighted by Gasteiger charge is 2.51. The molecule has 0 unspecified atom stereocenters. The number of halogens is 3. The average molecular weight is 544 g/mol. The van der Waals surface area contributed by atoms with Gasteiger partial charge >= 0.3 is 6.09 Å². The van der Waals surface area contributed by atoms with Crippen LogP contribution in [0.25, 0.3) is 11.3 Å². The second-order valence-corrected chi connectivity index (χ2v) is 10.4. The molecule has 1 saturated carbocycles. The molecule has 2 N–H and O–H groups in total. The molecule has 0 radical (unpaired) electrons. The molecule has 12 heteroatoms. The van der Waals surface area contributed by atoms with Gasteiger partial charge in [-0.2, -0.15) is 0 Å². The first-order valence-corrected chi connectivity index (χ1v) is 12.1. The number of alkyl halides is 1. The number of nitrogens with zero attached hydrogens (tertiary/aromatic N) is 4. The maximum Gasteiger partial charge on any atom is 0.416 e. The van der Waals surface area contributed by atoms with Gasteiger partial charge in [-0.05, 0) is 63.9 Å². The van der Waals surface area contributed by atoms with Crippen LogP contribution in [-0.4, -0.2) is 52.6 Å². The molecule has 206 valence electrons. The first-order chi connectivity index (χ1) is 18.3. The molecule has 9 nitrogen and oxygen atoms in total. The maximum atomic E-state index is 14.8.